The third-order valence-electron chi connectivity index (χ3n) is 1.58. The first kappa shape index (κ1) is 13.4. The molecule has 0 radical (unpaired) electrons. The van der Waals surface area contributed by atoms with Gasteiger partial charge in [-0.2, -0.15) is 13.2 Å². The molecule has 0 aliphatic heterocycles. The summed E-state index contributed by atoms with van der Waals surface area (Å²) in [5, 5.41) is 0.544. The molecule has 0 N–H and O–H groups in total. The Morgan fingerprint density at radius 2 is 1.47 bits per heavy atom. The average molecular weight is 261 g/mol. The summed E-state index contributed by atoms with van der Waals surface area (Å²) in [7, 11) is 0. The Kier molecular flexibility index (Phi) is 4.90. The van der Waals surface area contributed by atoms with Crippen LogP contribution in [0.15, 0.2) is 48.8 Å². The molecule has 0 aliphatic carbocycles. The van der Waals surface area contributed by atoms with Crippen LogP contribution in [0.2, 0.25) is 5.15 Å². The molecule has 0 atom stereocenters. The average Bonchev–Trinajstić information content (AvgIpc) is 2.31. The van der Waals surface area contributed by atoms with Gasteiger partial charge < -0.3 is 0 Å². The van der Waals surface area contributed by atoms with Crippen LogP contribution >= 0.6 is 11.6 Å². The van der Waals surface area contributed by atoms with Crippen LogP contribution in [0.5, 0.6) is 0 Å². The van der Waals surface area contributed by atoms with Gasteiger partial charge in [0.2, 0.25) is 0 Å². The highest BCUT2D eigenvalue weighted by atomic mass is 35.5. The number of alkyl halides is 3. The maximum atomic E-state index is 11.7. The number of hydrogen-bond acceptors (Lipinski definition) is 2. The number of hydrogen-bond donors (Lipinski definition) is 0. The zero-order valence-electron chi connectivity index (χ0n) is 8.53. The van der Waals surface area contributed by atoms with Crippen LogP contribution in [0.3, 0.4) is 0 Å². The zero-order valence-corrected chi connectivity index (χ0v) is 9.28. The van der Waals surface area contributed by atoms with Crippen LogP contribution in [0.1, 0.15) is 5.69 Å². The first-order valence-electron chi connectivity index (χ1n) is 4.55. The van der Waals surface area contributed by atoms with E-state index in [2.05, 4.69) is 9.97 Å². The van der Waals surface area contributed by atoms with Crippen molar-refractivity contribution in [3.63, 3.8) is 0 Å². The van der Waals surface area contributed by atoms with Crippen molar-refractivity contribution in [1.29, 1.82) is 0 Å². The van der Waals surface area contributed by atoms with Crippen LogP contribution in [0.25, 0.3) is 0 Å². The van der Waals surface area contributed by atoms with Crippen molar-refractivity contribution >= 4 is 11.6 Å². The topological polar surface area (TPSA) is 25.8 Å². The van der Waals surface area contributed by atoms with Crippen LogP contribution in [-0.4, -0.2) is 9.97 Å². The summed E-state index contributed by atoms with van der Waals surface area (Å²) in [5.74, 6) is 0. The van der Waals surface area contributed by atoms with Crippen molar-refractivity contribution in [2.75, 3.05) is 0 Å². The SMILES string of the molecule is Clc1ccccn1.FC(F)(F)c1ccccn1. The van der Waals surface area contributed by atoms with Crippen molar-refractivity contribution < 1.29 is 13.2 Å². The Bertz CT molecular complexity index is 431. The second kappa shape index (κ2) is 6.20. The molecule has 0 unspecified atom stereocenters. The lowest BCUT2D eigenvalue weighted by Gasteiger charge is -2.02. The quantitative estimate of drug-likeness (QED) is 0.673. The molecule has 2 aromatic rings. The third kappa shape index (κ3) is 5.31. The predicted molar refractivity (Wildman–Crippen MR) is 58.5 cm³/mol. The van der Waals surface area contributed by atoms with Gasteiger partial charge in [0.05, 0.1) is 0 Å². The van der Waals surface area contributed by atoms with Gasteiger partial charge in [-0.25, -0.2) is 4.98 Å². The molecule has 0 bridgehead atoms. The van der Waals surface area contributed by atoms with E-state index in [4.69, 9.17) is 11.6 Å². The molecule has 2 rings (SSSR count). The molecule has 0 saturated carbocycles. The number of aromatic nitrogens is 2. The normalized spacial score (nSPS) is 10.4. The Labute approximate surface area is 101 Å². The number of rotatable bonds is 0. The summed E-state index contributed by atoms with van der Waals surface area (Å²) in [4.78, 5) is 6.87. The van der Waals surface area contributed by atoms with E-state index in [1.807, 2.05) is 12.1 Å². The van der Waals surface area contributed by atoms with E-state index in [0.717, 1.165) is 12.3 Å². The summed E-state index contributed by atoms with van der Waals surface area (Å²) >= 11 is 5.43. The van der Waals surface area contributed by atoms with E-state index in [-0.39, 0.29) is 0 Å². The molecule has 0 aliphatic rings. The first-order chi connectivity index (χ1) is 8.00. The van der Waals surface area contributed by atoms with Crippen molar-refractivity contribution in [3.05, 3.63) is 59.6 Å². The Morgan fingerprint density at radius 3 is 1.71 bits per heavy atom. The van der Waals surface area contributed by atoms with Gasteiger partial charge in [-0.05, 0) is 24.3 Å². The number of halogens is 4. The van der Waals surface area contributed by atoms with E-state index >= 15 is 0 Å². The lowest BCUT2D eigenvalue weighted by molar-refractivity contribution is -0.141. The molecule has 0 saturated heterocycles. The van der Waals surface area contributed by atoms with Gasteiger partial charge in [0, 0.05) is 12.4 Å². The molecule has 0 spiro atoms. The smallest absolute Gasteiger partial charge is 0.252 e. The van der Waals surface area contributed by atoms with Crippen molar-refractivity contribution in [2.24, 2.45) is 0 Å². The van der Waals surface area contributed by atoms with Crippen molar-refractivity contribution in [1.82, 2.24) is 9.97 Å². The van der Waals surface area contributed by atoms with Crippen LogP contribution in [-0.2, 0) is 6.18 Å². The molecule has 0 amide bonds. The van der Waals surface area contributed by atoms with Crippen LogP contribution in [0, 0.1) is 0 Å². The minimum atomic E-state index is -4.32. The maximum absolute atomic E-state index is 11.7. The monoisotopic (exact) mass is 260 g/mol. The molecular formula is C11H8ClF3N2. The minimum absolute atomic E-state index is 0.544. The van der Waals surface area contributed by atoms with Crippen molar-refractivity contribution in [3.8, 4) is 0 Å². The van der Waals surface area contributed by atoms with E-state index < -0.39 is 11.9 Å². The summed E-state index contributed by atoms with van der Waals surface area (Å²) in [6, 6.07) is 9.08. The fraction of sp³-hybridized carbons (Fsp3) is 0.0909. The highest BCUT2D eigenvalue weighted by Crippen LogP contribution is 2.26. The number of nitrogens with zero attached hydrogens (tertiary/aromatic N) is 2. The van der Waals surface area contributed by atoms with Gasteiger partial charge >= 0.3 is 6.18 Å². The molecule has 6 heteroatoms. The third-order valence-corrected chi connectivity index (χ3v) is 1.81. The van der Waals surface area contributed by atoms with E-state index in [9.17, 15) is 13.2 Å². The summed E-state index contributed by atoms with van der Waals surface area (Å²) < 4.78 is 35.2. The predicted octanol–water partition coefficient (Wildman–Crippen LogP) is 3.84. The lowest BCUT2D eigenvalue weighted by Crippen LogP contribution is -2.06. The summed E-state index contributed by atoms with van der Waals surface area (Å²) in [6.07, 6.45) is -1.55. The van der Waals surface area contributed by atoms with Gasteiger partial charge in [-0.15, -0.1) is 0 Å². The first-order valence-corrected chi connectivity index (χ1v) is 4.92. The molecule has 0 fully saturated rings. The Hall–Kier alpha value is -1.62. The van der Waals surface area contributed by atoms with Gasteiger partial charge in [-0.1, -0.05) is 23.7 Å². The van der Waals surface area contributed by atoms with E-state index in [1.165, 1.54) is 12.1 Å². The van der Waals surface area contributed by atoms with E-state index in [0.29, 0.717) is 5.15 Å². The standard InChI is InChI=1S/C6H4F3N.C5H4ClN/c7-6(8,9)5-3-1-2-4-10-5;6-5-3-1-2-4-7-5/h1-4H;1-4H. The maximum Gasteiger partial charge on any atom is 0.433 e. The lowest BCUT2D eigenvalue weighted by atomic mass is 10.3. The molecule has 2 aromatic heterocycles. The molecular weight excluding hydrogens is 253 g/mol. The van der Waals surface area contributed by atoms with Gasteiger partial charge in [-0.3, -0.25) is 4.98 Å². The van der Waals surface area contributed by atoms with Crippen LogP contribution in [0.4, 0.5) is 13.2 Å². The highest BCUT2D eigenvalue weighted by molar-refractivity contribution is 6.29. The van der Waals surface area contributed by atoms with Gasteiger partial charge in [0.15, 0.2) is 0 Å². The molecule has 0 aromatic carbocycles. The number of pyridine rings is 2. The Balaban J connectivity index is 0.000000181. The van der Waals surface area contributed by atoms with E-state index in [1.54, 1.807) is 12.3 Å². The summed E-state index contributed by atoms with van der Waals surface area (Å²) in [6.45, 7) is 0. The zero-order chi connectivity index (χ0) is 12.7. The fourth-order valence-electron chi connectivity index (χ4n) is 0.872. The second-order valence-corrected chi connectivity index (χ2v) is 3.25. The van der Waals surface area contributed by atoms with Gasteiger partial charge in [0.1, 0.15) is 10.8 Å². The molecule has 2 heterocycles. The minimum Gasteiger partial charge on any atom is -0.252 e. The molecule has 17 heavy (non-hydrogen) atoms. The largest absolute Gasteiger partial charge is 0.433 e. The fourth-order valence-corrected chi connectivity index (χ4v) is 1.00. The Morgan fingerprint density at radius 1 is 0.882 bits per heavy atom. The summed E-state index contributed by atoms with van der Waals surface area (Å²) in [5.41, 5.74) is -0.852. The second-order valence-electron chi connectivity index (χ2n) is 2.87. The van der Waals surface area contributed by atoms with Gasteiger partial charge in [0.25, 0.3) is 0 Å². The molecule has 2 nitrogen and oxygen atoms in total. The van der Waals surface area contributed by atoms with Crippen molar-refractivity contribution in [2.45, 2.75) is 6.18 Å². The van der Waals surface area contributed by atoms with Crippen LogP contribution < -0.4 is 0 Å². The molecule has 90 valence electrons. The highest BCUT2D eigenvalue weighted by Gasteiger charge is 2.31.